The molecule has 1 aromatic carbocycles. The molecule has 0 unspecified atom stereocenters. The highest BCUT2D eigenvalue weighted by molar-refractivity contribution is 5.68. The third-order valence-electron chi connectivity index (χ3n) is 8.75. The number of carbonyl (C=O) groups excluding carboxylic acids is 1. The first-order valence-corrected chi connectivity index (χ1v) is 15.7. The largest absolute Gasteiger partial charge is 0.453 e. The van der Waals surface area contributed by atoms with Gasteiger partial charge in [-0.3, -0.25) is 14.3 Å². The van der Waals surface area contributed by atoms with Crippen LogP contribution in [-0.4, -0.2) is 72.0 Å². The molecule has 4 aliphatic rings. The molecule has 12 heteroatoms. The second kappa shape index (κ2) is 12.2. The Kier molecular flexibility index (Phi) is 8.34. The lowest BCUT2D eigenvalue weighted by atomic mass is 10.0. The average molecular weight is 616 g/mol. The van der Waals surface area contributed by atoms with E-state index in [0.717, 1.165) is 55.2 Å². The van der Waals surface area contributed by atoms with Crippen LogP contribution in [0, 0.1) is 0 Å². The number of furan rings is 1. The Hall–Kier alpha value is -4.32. The van der Waals surface area contributed by atoms with E-state index in [2.05, 4.69) is 34.0 Å². The highest BCUT2D eigenvalue weighted by Crippen LogP contribution is 2.33. The number of ether oxygens (including phenoxy) is 1. The topological polar surface area (TPSA) is 129 Å². The summed E-state index contributed by atoms with van der Waals surface area (Å²) in [7, 11) is 3.53. The quantitative estimate of drug-likeness (QED) is 0.303. The number of nitrogens with zero attached hydrogens (tertiary/aromatic N) is 7. The van der Waals surface area contributed by atoms with Gasteiger partial charge in [0, 0.05) is 38.3 Å². The summed E-state index contributed by atoms with van der Waals surface area (Å²) in [5.41, 5.74) is 0.596. The Labute approximate surface area is 262 Å². The minimum absolute atomic E-state index is 0.0471. The minimum Gasteiger partial charge on any atom is -0.453 e. The Morgan fingerprint density at radius 2 is 1.64 bits per heavy atom. The van der Waals surface area contributed by atoms with Crippen molar-refractivity contribution in [3.63, 3.8) is 0 Å². The van der Waals surface area contributed by atoms with Gasteiger partial charge >= 0.3 is 11.8 Å². The molecule has 6 rings (SSSR count). The molecule has 1 saturated heterocycles. The molecule has 1 amide bonds. The number of piperidine rings is 1. The van der Waals surface area contributed by atoms with Crippen LogP contribution in [0.25, 0.3) is 34.4 Å². The highest BCUT2D eigenvalue weighted by Gasteiger charge is 2.29. The Bertz CT molecular complexity index is 1750. The second-order valence-corrected chi connectivity index (χ2v) is 13.2. The van der Waals surface area contributed by atoms with Crippen LogP contribution < -0.4 is 11.2 Å². The van der Waals surface area contributed by atoms with E-state index in [0.29, 0.717) is 30.7 Å². The number of aromatic nitrogens is 5. The summed E-state index contributed by atoms with van der Waals surface area (Å²) in [5, 5.41) is 4.72. The molecule has 45 heavy (non-hydrogen) atoms. The van der Waals surface area contributed by atoms with Gasteiger partial charge in [0.2, 0.25) is 5.82 Å². The van der Waals surface area contributed by atoms with Crippen molar-refractivity contribution in [2.75, 3.05) is 20.1 Å². The van der Waals surface area contributed by atoms with Crippen LogP contribution in [0.15, 0.2) is 50.4 Å². The Balaban J connectivity index is 1.15. The van der Waals surface area contributed by atoms with Crippen molar-refractivity contribution in [1.82, 2.24) is 34.1 Å². The SMILES string of the molecule is CN(Cc1ccc(-c2ccc(-c3nc4c(=O)n(C)c(=O)nc-4n(C4CCCC4)n3)o2)cc1)C1CCN(C(=O)OC(C)(C)C)CC1. The van der Waals surface area contributed by atoms with Crippen molar-refractivity contribution in [2.24, 2.45) is 7.05 Å². The number of hydrogen-bond donors (Lipinski definition) is 0. The molecule has 1 aromatic heterocycles. The van der Waals surface area contributed by atoms with Gasteiger partial charge in [0.05, 0.1) is 6.04 Å². The van der Waals surface area contributed by atoms with Crippen molar-refractivity contribution >= 4 is 6.09 Å². The summed E-state index contributed by atoms with van der Waals surface area (Å²) >= 11 is 0. The van der Waals surface area contributed by atoms with E-state index in [9.17, 15) is 14.4 Å². The van der Waals surface area contributed by atoms with Gasteiger partial charge in [-0.15, -0.1) is 5.10 Å². The van der Waals surface area contributed by atoms with E-state index in [-0.39, 0.29) is 29.5 Å². The fourth-order valence-electron chi connectivity index (χ4n) is 6.22. The van der Waals surface area contributed by atoms with Gasteiger partial charge in [0.15, 0.2) is 17.3 Å². The smallest absolute Gasteiger partial charge is 0.410 e. The lowest BCUT2D eigenvalue weighted by Gasteiger charge is -2.37. The summed E-state index contributed by atoms with van der Waals surface area (Å²) in [6, 6.07) is 12.4. The lowest BCUT2D eigenvalue weighted by molar-refractivity contribution is 0.0153. The van der Waals surface area contributed by atoms with Crippen LogP contribution in [0.2, 0.25) is 0 Å². The zero-order valence-corrected chi connectivity index (χ0v) is 26.7. The maximum atomic E-state index is 13.0. The predicted octanol–water partition coefficient (Wildman–Crippen LogP) is 4.71. The van der Waals surface area contributed by atoms with Crippen molar-refractivity contribution in [3.8, 4) is 34.4 Å². The second-order valence-electron chi connectivity index (χ2n) is 13.2. The van der Waals surface area contributed by atoms with Crippen LogP contribution in [-0.2, 0) is 18.3 Å². The van der Waals surface area contributed by atoms with Crippen LogP contribution >= 0.6 is 0 Å². The van der Waals surface area contributed by atoms with Gasteiger partial charge < -0.3 is 14.1 Å². The zero-order chi connectivity index (χ0) is 31.9. The molecular formula is C33H41N7O5. The summed E-state index contributed by atoms with van der Waals surface area (Å²) in [5.74, 6) is 1.61. The number of fused-ring (bicyclic) bond motifs is 1. The molecule has 2 fully saturated rings. The first-order valence-electron chi connectivity index (χ1n) is 15.7. The third kappa shape index (κ3) is 6.56. The zero-order valence-electron chi connectivity index (χ0n) is 26.7. The minimum atomic E-state index is -0.617. The highest BCUT2D eigenvalue weighted by atomic mass is 16.6. The first-order chi connectivity index (χ1) is 21.5. The van der Waals surface area contributed by atoms with E-state index in [4.69, 9.17) is 14.3 Å². The number of carbonyl (C=O) groups is 1. The van der Waals surface area contributed by atoms with E-state index in [1.54, 1.807) is 15.6 Å². The molecular weight excluding hydrogens is 574 g/mol. The lowest BCUT2D eigenvalue weighted by Crippen LogP contribution is -2.46. The number of rotatable bonds is 6. The summed E-state index contributed by atoms with van der Waals surface area (Å²) in [6.07, 6.45) is 5.48. The normalized spacial score (nSPS) is 16.6. The van der Waals surface area contributed by atoms with Crippen LogP contribution in [0.1, 0.15) is 70.9 Å². The molecule has 4 heterocycles. The Morgan fingerprint density at radius 1 is 0.978 bits per heavy atom. The van der Waals surface area contributed by atoms with Crippen molar-refractivity contribution in [3.05, 3.63) is 62.8 Å². The number of likely N-dealkylation sites (tertiary alicyclic amines) is 1. The van der Waals surface area contributed by atoms with Gasteiger partial charge in [0.25, 0.3) is 5.56 Å². The number of hydrogen-bond acceptors (Lipinski definition) is 9. The van der Waals surface area contributed by atoms with Gasteiger partial charge in [-0.25, -0.2) is 19.3 Å². The monoisotopic (exact) mass is 615 g/mol. The molecule has 238 valence electrons. The summed E-state index contributed by atoms with van der Waals surface area (Å²) in [4.78, 5) is 50.5. The summed E-state index contributed by atoms with van der Waals surface area (Å²) in [6.45, 7) is 7.84. The van der Waals surface area contributed by atoms with Gasteiger partial charge in [-0.1, -0.05) is 37.1 Å². The van der Waals surface area contributed by atoms with Gasteiger partial charge in [-0.05, 0) is 71.2 Å². The van der Waals surface area contributed by atoms with Crippen LogP contribution in [0.4, 0.5) is 4.79 Å². The molecule has 0 bridgehead atoms. The van der Waals surface area contributed by atoms with Crippen LogP contribution in [0.5, 0.6) is 0 Å². The van der Waals surface area contributed by atoms with E-state index in [1.165, 1.54) is 12.6 Å². The maximum absolute atomic E-state index is 13.0. The van der Waals surface area contributed by atoms with Crippen LogP contribution in [0.3, 0.4) is 0 Å². The van der Waals surface area contributed by atoms with Crippen molar-refractivity contribution in [1.29, 1.82) is 0 Å². The Morgan fingerprint density at radius 3 is 2.31 bits per heavy atom. The molecule has 3 aliphatic heterocycles. The van der Waals surface area contributed by atoms with Gasteiger partial charge in [0.1, 0.15) is 11.4 Å². The molecule has 12 nitrogen and oxygen atoms in total. The summed E-state index contributed by atoms with van der Waals surface area (Å²) < 4.78 is 14.4. The van der Waals surface area contributed by atoms with Gasteiger partial charge in [-0.2, -0.15) is 4.98 Å². The number of amides is 1. The fraction of sp³-hybridized carbons (Fsp3) is 0.515. The standard InChI is InChI=1S/C33H41N7O5/c1-33(2,3)45-32(43)39-18-16-23(17-19-39)37(4)20-21-10-12-22(13-11-21)25-14-15-26(44-25)28-34-27-29(35-31(42)38(5)30(27)41)40(36-28)24-8-6-7-9-24/h10-15,23-24H,6-9,16-20H2,1-5H3. The molecule has 2 aromatic rings. The molecule has 1 saturated carbocycles. The third-order valence-corrected chi connectivity index (χ3v) is 8.75. The van der Waals surface area contributed by atoms with E-state index < -0.39 is 16.9 Å². The molecule has 1 aliphatic carbocycles. The molecule has 0 radical (unpaired) electrons. The van der Waals surface area contributed by atoms with Crippen molar-refractivity contribution < 1.29 is 13.9 Å². The molecule has 0 N–H and O–H groups in total. The average Bonchev–Trinajstić information content (AvgIpc) is 3.73. The van der Waals surface area contributed by atoms with Crippen molar-refractivity contribution in [2.45, 2.75) is 83.5 Å². The fourth-order valence-corrected chi connectivity index (χ4v) is 6.22. The molecule has 0 spiro atoms. The molecule has 0 atom stereocenters. The predicted molar refractivity (Wildman–Crippen MR) is 169 cm³/mol. The van der Waals surface area contributed by atoms with E-state index >= 15 is 0 Å². The first kappa shape index (κ1) is 30.7. The number of benzene rings is 1. The van der Waals surface area contributed by atoms with E-state index in [1.807, 2.05) is 39.0 Å². The maximum Gasteiger partial charge on any atom is 0.410 e.